The van der Waals surface area contributed by atoms with E-state index in [2.05, 4.69) is 25.1 Å². The number of halogens is 1. The summed E-state index contributed by atoms with van der Waals surface area (Å²) in [5, 5.41) is 7.80. The van der Waals surface area contributed by atoms with Crippen LogP contribution in [-0.2, 0) is 10.2 Å². The predicted octanol–water partition coefficient (Wildman–Crippen LogP) is 2.20. The zero-order valence-corrected chi connectivity index (χ0v) is 18.0. The Balaban J connectivity index is 1.31. The topological polar surface area (TPSA) is 113 Å². The number of aromatic nitrogens is 4. The smallest absolute Gasteiger partial charge is 0.263 e. The summed E-state index contributed by atoms with van der Waals surface area (Å²) in [5.41, 5.74) is 7.22. The molecule has 3 aliphatic rings. The van der Waals surface area contributed by atoms with Crippen molar-refractivity contribution in [2.45, 2.75) is 50.2 Å². The van der Waals surface area contributed by atoms with Crippen LogP contribution in [0.4, 0.5) is 10.3 Å². The molecule has 0 unspecified atom stereocenters. The van der Waals surface area contributed by atoms with Gasteiger partial charge in [0.2, 0.25) is 5.95 Å². The molecular weight excluding hydrogens is 411 g/mol. The van der Waals surface area contributed by atoms with Crippen molar-refractivity contribution in [2.75, 3.05) is 24.6 Å². The number of benzene rings is 1. The molecule has 4 N–H and O–H groups in total. The molecule has 4 heterocycles. The maximum atomic E-state index is 14.5. The van der Waals surface area contributed by atoms with Crippen LogP contribution in [0.3, 0.4) is 0 Å². The second-order valence-electron chi connectivity index (χ2n) is 9.64. The van der Waals surface area contributed by atoms with E-state index in [-0.39, 0.29) is 28.9 Å². The van der Waals surface area contributed by atoms with Gasteiger partial charge in [0.1, 0.15) is 11.2 Å². The highest BCUT2D eigenvalue weighted by Crippen LogP contribution is 2.54. The third kappa shape index (κ3) is 2.77. The molecule has 1 aromatic carbocycles. The first kappa shape index (κ1) is 19.9. The summed E-state index contributed by atoms with van der Waals surface area (Å²) < 4.78 is 20.3. The van der Waals surface area contributed by atoms with E-state index in [1.807, 2.05) is 13.0 Å². The van der Waals surface area contributed by atoms with Crippen molar-refractivity contribution in [3.63, 3.8) is 0 Å². The summed E-state index contributed by atoms with van der Waals surface area (Å²) in [4.78, 5) is 22.9. The Morgan fingerprint density at radius 1 is 1.22 bits per heavy atom. The summed E-state index contributed by atoms with van der Waals surface area (Å²) in [7, 11) is 0. The number of nitrogens with zero attached hydrogens (tertiary/aromatic N) is 3. The second-order valence-corrected chi connectivity index (χ2v) is 9.64. The number of aromatic amines is 2. The van der Waals surface area contributed by atoms with Gasteiger partial charge >= 0.3 is 0 Å². The predicted molar refractivity (Wildman–Crippen MR) is 118 cm³/mol. The Bertz CT molecular complexity index is 1240. The Morgan fingerprint density at radius 2 is 1.97 bits per heavy atom. The molecule has 9 heteroatoms. The normalized spacial score (nSPS) is 26.2. The number of hydrogen-bond donors (Lipinski definition) is 3. The van der Waals surface area contributed by atoms with E-state index in [1.54, 1.807) is 12.1 Å². The van der Waals surface area contributed by atoms with E-state index >= 15 is 0 Å². The summed E-state index contributed by atoms with van der Waals surface area (Å²) in [5.74, 6) is 0.261. The summed E-state index contributed by atoms with van der Waals surface area (Å²) >= 11 is 0. The van der Waals surface area contributed by atoms with Crippen molar-refractivity contribution < 1.29 is 9.13 Å². The number of fused-ring (bicyclic) bond motifs is 1. The van der Waals surface area contributed by atoms with Crippen LogP contribution in [0.1, 0.15) is 43.9 Å². The number of piperidine rings is 1. The highest BCUT2D eigenvalue weighted by atomic mass is 19.1. The van der Waals surface area contributed by atoms with E-state index in [4.69, 9.17) is 10.5 Å². The van der Waals surface area contributed by atoms with Crippen LogP contribution in [0.2, 0.25) is 0 Å². The molecule has 0 amide bonds. The van der Waals surface area contributed by atoms with Crippen LogP contribution in [0.5, 0.6) is 0 Å². The van der Waals surface area contributed by atoms with Gasteiger partial charge in [-0.2, -0.15) is 10.1 Å². The quantitative estimate of drug-likeness (QED) is 0.578. The van der Waals surface area contributed by atoms with Crippen LogP contribution in [0, 0.1) is 11.2 Å². The number of rotatable bonds is 3. The molecule has 8 nitrogen and oxygen atoms in total. The van der Waals surface area contributed by atoms with E-state index in [0.29, 0.717) is 34.8 Å². The molecule has 6 rings (SSSR count). The van der Waals surface area contributed by atoms with Gasteiger partial charge < -0.3 is 15.4 Å². The van der Waals surface area contributed by atoms with Gasteiger partial charge in [-0.15, -0.1) is 0 Å². The lowest BCUT2D eigenvalue weighted by Crippen LogP contribution is -2.51. The SMILES string of the molecule is C[C@@H]1OCC2(CCN(c3nc4[nH]nc(C5(c6ccccc6F)CC5)c4c(=O)[nH]3)CC2)[C@@H]1N. The Labute approximate surface area is 184 Å². The number of anilines is 1. The van der Waals surface area contributed by atoms with Crippen molar-refractivity contribution in [3.8, 4) is 0 Å². The van der Waals surface area contributed by atoms with Crippen molar-refractivity contribution >= 4 is 17.0 Å². The van der Waals surface area contributed by atoms with E-state index in [1.165, 1.54) is 6.07 Å². The van der Waals surface area contributed by atoms with Crippen LogP contribution >= 0.6 is 0 Å². The molecule has 32 heavy (non-hydrogen) atoms. The highest BCUT2D eigenvalue weighted by Gasteiger charge is 2.51. The number of ether oxygens (including phenoxy) is 1. The van der Waals surface area contributed by atoms with Crippen molar-refractivity contribution in [1.29, 1.82) is 0 Å². The van der Waals surface area contributed by atoms with Crippen molar-refractivity contribution in [2.24, 2.45) is 11.1 Å². The van der Waals surface area contributed by atoms with Gasteiger partial charge in [-0.25, -0.2) is 4.39 Å². The fourth-order valence-electron chi connectivity index (χ4n) is 5.67. The fourth-order valence-corrected chi connectivity index (χ4v) is 5.67. The Kier molecular flexibility index (Phi) is 4.26. The zero-order chi connectivity index (χ0) is 22.1. The number of hydrogen-bond acceptors (Lipinski definition) is 6. The van der Waals surface area contributed by atoms with Crippen molar-refractivity contribution in [1.82, 2.24) is 20.2 Å². The van der Waals surface area contributed by atoms with Gasteiger partial charge in [-0.3, -0.25) is 14.9 Å². The molecule has 1 saturated carbocycles. The van der Waals surface area contributed by atoms with E-state index < -0.39 is 5.41 Å². The molecule has 3 aromatic rings. The number of nitrogens with two attached hydrogens (primary N) is 1. The average Bonchev–Trinajstić information content (AvgIpc) is 3.40. The largest absolute Gasteiger partial charge is 0.376 e. The first-order valence-electron chi connectivity index (χ1n) is 11.3. The lowest BCUT2D eigenvalue weighted by molar-refractivity contribution is 0.0973. The van der Waals surface area contributed by atoms with Gasteiger partial charge in [0.25, 0.3) is 5.56 Å². The minimum absolute atomic E-state index is 0.000416. The summed E-state index contributed by atoms with van der Waals surface area (Å²) in [6.07, 6.45) is 3.37. The Morgan fingerprint density at radius 3 is 2.62 bits per heavy atom. The molecule has 2 aliphatic heterocycles. The third-order valence-electron chi connectivity index (χ3n) is 7.92. The fraction of sp³-hybridized carbons (Fsp3) is 0.522. The molecule has 2 atom stereocenters. The minimum Gasteiger partial charge on any atom is -0.376 e. The van der Waals surface area contributed by atoms with Crippen LogP contribution in [-0.4, -0.2) is 52.0 Å². The molecule has 168 valence electrons. The Hall–Kier alpha value is -2.78. The molecule has 3 fully saturated rings. The van der Waals surface area contributed by atoms with Gasteiger partial charge in [-0.1, -0.05) is 18.2 Å². The van der Waals surface area contributed by atoms with Gasteiger partial charge in [0.15, 0.2) is 5.65 Å². The third-order valence-corrected chi connectivity index (χ3v) is 7.92. The van der Waals surface area contributed by atoms with Crippen LogP contribution in [0.15, 0.2) is 29.1 Å². The number of H-pyrrole nitrogens is 2. The lowest BCUT2D eigenvalue weighted by Gasteiger charge is -2.41. The van der Waals surface area contributed by atoms with E-state index in [9.17, 15) is 9.18 Å². The summed E-state index contributed by atoms with van der Waals surface area (Å²) in [6, 6.07) is 6.75. The van der Waals surface area contributed by atoms with Crippen LogP contribution in [0.25, 0.3) is 11.0 Å². The summed E-state index contributed by atoms with van der Waals surface area (Å²) in [6.45, 7) is 4.22. The molecule has 1 aliphatic carbocycles. The van der Waals surface area contributed by atoms with E-state index in [0.717, 1.165) is 38.8 Å². The first-order valence-corrected chi connectivity index (χ1v) is 11.3. The maximum Gasteiger partial charge on any atom is 0.263 e. The zero-order valence-electron chi connectivity index (χ0n) is 18.0. The van der Waals surface area contributed by atoms with Gasteiger partial charge in [0, 0.05) is 35.5 Å². The first-order chi connectivity index (χ1) is 15.4. The molecule has 1 spiro atoms. The maximum absolute atomic E-state index is 14.5. The molecule has 0 bridgehead atoms. The lowest BCUT2D eigenvalue weighted by atomic mass is 9.73. The van der Waals surface area contributed by atoms with Crippen LogP contribution < -0.4 is 16.2 Å². The molecule has 2 aromatic heterocycles. The number of nitrogens with one attached hydrogen (secondary N) is 2. The molecular formula is C23H27FN6O2. The standard InChI is InChI=1S/C23H27FN6O2/c1-13-17(25)22(12-32-13)8-10-30(11-9-22)21-26-19-16(20(31)27-21)18(28-29-19)23(6-7-23)14-4-2-3-5-15(14)24/h2-5,13,17H,6-12,25H2,1H3,(H2,26,27,28,29,31)/t13-,17+/m0/s1. The average molecular weight is 439 g/mol. The van der Waals surface area contributed by atoms with Gasteiger partial charge in [0.05, 0.1) is 18.4 Å². The molecule has 0 radical (unpaired) electrons. The molecule has 2 saturated heterocycles. The monoisotopic (exact) mass is 438 g/mol. The highest BCUT2D eigenvalue weighted by molar-refractivity contribution is 5.80. The van der Waals surface area contributed by atoms with Gasteiger partial charge in [-0.05, 0) is 38.7 Å². The van der Waals surface area contributed by atoms with Crippen molar-refractivity contribution in [3.05, 3.63) is 51.7 Å². The minimum atomic E-state index is -0.563. The second kappa shape index (κ2) is 6.86.